The van der Waals surface area contributed by atoms with E-state index in [9.17, 15) is 0 Å². The zero-order valence-electron chi connectivity index (χ0n) is 11.0. The van der Waals surface area contributed by atoms with Gasteiger partial charge in [-0.2, -0.15) is 0 Å². The largest absolute Gasteiger partial charge is 0.496 e. The molecule has 0 atom stereocenters. The first-order valence-corrected chi connectivity index (χ1v) is 6.74. The maximum absolute atomic E-state index is 6.08. The molecule has 0 aliphatic heterocycles. The van der Waals surface area contributed by atoms with Crippen LogP contribution in [0.1, 0.15) is 25.3 Å². The summed E-state index contributed by atoms with van der Waals surface area (Å²) in [6.45, 7) is 4.17. The SMILES string of the molecule is COc1ccc(Cl)cc1-c1[nH]cnc(=S)c1C(C)C. The van der Waals surface area contributed by atoms with E-state index in [0.717, 1.165) is 22.6 Å². The minimum Gasteiger partial charge on any atom is -0.496 e. The molecular weight excluding hydrogens is 280 g/mol. The van der Waals surface area contributed by atoms with Crippen LogP contribution in [-0.2, 0) is 0 Å². The van der Waals surface area contributed by atoms with Crippen LogP contribution in [0.3, 0.4) is 0 Å². The van der Waals surface area contributed by atoms with Gasteiger partial charge in [0.1, 0.15) is 10.4 Å². The molecule has 0 fully saturated rings. The van der Waals surface area contributed by atoms with Crippen LogP contribution in [0, 0.1) is 4.64 Å². The average Bonchev–Trinajstić information content (AvgIpc) is 2.37. The molecule has 0 saturated carbocycles. The summed E-state index contributed by atoms with van der Waals surface area (Å²) in [7, 11) is 1.64. The topological polar surface area (TPSA) is 37.9 Å². The molecule has 2 rings (SSSR count). The van der Waals surface area contributed by atoms with E-state index in [0.29, 0.717) is 9.66 Å². The van der Waals surface area contributed by atoms with Crippen LogP contribution in [0.4, 0.5) is 0 Å². The van der Waals surface area contributed by atoms with E-state index in [-0.39, 0.29) is 5.92 Å². The molecule has 0 spiro atoms. The third-order valence-electron chi connectivity index (χ3n) is 2.90. The van der Waals surface area contributed by atoms with Crippen LogP contribution >= 0.6 is 23.8 Å². The monoisotopic (exact) mass is 294 g/mol. The summed E-state index contributed by atoms with van der Waals surface area (Å²) in [5, 5.41) is 0.654. The summed E-state index contributed by atoms with van der Waals surface area (Å²) in [5.41, 5.74) is 2.81. The summed E-state index contributed by atoms with van der Waals surface area (Å²) in [5.74, 6) is 1.01. The van der Waals surface area contributed by atoms with Crippen molar-refractivity contribution in [1.29, 1.82) is 0 Å². The van der Waals surface area contributed by atoms with Gasteiger partial charge in [0.25, 0.3) is 0 Å². The fourth-order valence-corrected chi connectivity index (χ4v) is 2.61. The second kappa shape index (κ2) is 5.72. The molecule has 1 aromatic heterocycles. The Bertz CT molecular complexity index is 652. The number of halogens is 1. The van der Waals surface area contributed by atoms with E-state index in [1.165, 1.54) is 0 Å². The summed E-state index contributed by atoms with van der Waals surface area (Å²) >= 11 is 11.4. The van der Waals surface area contributed by atoms with Crippen molar-refractivity contribution < 1.29 is 4.74 Å². The van der Waals surface area contributed by atoms with Crippen LogP contribution in [-0.4, -0.2) is 17.1 Å². The van der Waals surface area contributed by atoms with E-state index in [1.54, 1.807) is 19.5 Å². The first-order valence-electron chi connectivity index (χ1n) is 5.96. The number of benzene rings is 1. The lowest BCUT2D eigenvalue weighted by Gasteiger charge is -2.15. The highest BCUT2D eigenvalue weighted by Gasteiger charge is 2.15. The van der Waals surface area contributed by atoms with Gasteiger partial charge in [0.2, 0.25) is 0 Å². The second-order valence-electron chi connectivity index (χ2n) is 4.50. The number of nitrogens with one attached hydrogen (secondary N) is 1. The number of ether oxygens (including phenoxy) is 1. The molecule has 5 heteroatoms. The van der Waals surface area contributed by atoms with Crippen molar-refractivity contribution in [3.63, 3.8) is 0 Å². The number of H-pyrrole nitrogens is 1. The molecule has 0 unspecified atom stereocenters. The molecule has 0 radical (unpaired) electrons. The number of rotatable bonds is 3. The Morgan fingerprint density at radius 3 is 2.74 bits per heavy atom. The predicted molar refractivity (Wildman–Crippen MR) is 80.5 cm³/mol. The fraction of sp³-hybridized carbons (Fsp3) is 0.286. The third-order valence-corrected chi connectivity index (χ3v) is 3.46. The lowest BCUT2D eigenvalue weighted by Crippen LogP contribution is -2.00. The van der Waals surface area contributed by atoms with Crippen LogP contribution < -0.4 is 4.74 Å². The molecule has 1 aromatic carbocycles. The standard InChI is InChI=1S/C14H15ClN2OS/c1-8(2)12-13(16-7-17-14(12)19)10-6-9(15)4-5-11(10)18-3/h4-8H,1-3H3,(H,16,17,19). The number of aromatic amines is 1. The maximum Gasteiger partial charge on any atom is 0.133 e. The summed E-state index contributed by atoms with van der Waals surface area (Å²) in [4.78, 5) is 7.31. The quantitative estimate of drug-likeness (QED) is 0.841. The lowest BCUT2D eigenvalue weighted by atomic mass is 9.98. The molecule has 3 nitrogen and oxygen atoms in total. The Labute approximate surface area is 122 Å². The van der Waals surface area contributed by atoms with Crippen molar-refractivity contribution in [1.82, 2.24) is 9.97 Å². The Hall–Kier alpha value is -1.39. The van der Waals surface area contributed by atoms with Crippen LogP contribution in [0.25, 0.3) is 11.3 Å². The molecule has 0 bridgehead atoms. The summed E-state index contributed by atoms with van der Waals surface area (Å²) in [6, 6.07) is 5.51. The maximum atomic E-state index is 6.08. The van der Waals surface area contributed by atoms with Crippen LogP contribution in [0.2, 0.25) is 5.02 Å². The van der Waals surface area contributed by atoms with Crippen molar-refractivity contribution in [2.45, 2.75) is 19.8 Å². The minimum atomic E-state index is 0.260. The molecule has 100 valence electrons. The number of hydrogen-bond acceptors (Lipinski definition) is 3. The van der Waals surface area contributed by atoms with Gasteiger partial charge in [0.15, 0.2) is 0 Å². The van der Waals surface area contributed by atoms with E-state index in [2.05, 4.69) is 23.8 Å². The third kappa shape index (κ3) is 2.80. The van der Waals surface area contributed by atoms with Crippen molar-refractivity contribution in [2.24, 2.45) is 0 Å². The highest BCUT2D eigenvalue weighted by molar-refractivity contribution is 7.71. The zero-order chi connectivity index (χ0) is 14.0. The highest BCUT2D eigenvalue weighted by atomic mass is 35.5. The van der Waals surface area contributed by atoms with Crippen molar-refractivity contribution in [3.05, 3.63) is 39.8 Å². The molecule has 0 aliphatic rings. The number of hydrogen-bond donors (Lipinski definition) is 1. The fourth-order valence-electron chi connectivity index (χ4n) is 2.04. The Morgan fingerprint density at radius 2 is 2.11 bits per heavy atom. The number of aromatic nitrogens is 2. The molecule has 0 saturated heterocycles. The van der Waals surface area contributed by atoms with E-state index >= 15 is 0 Å². The molecule has 0 amide bonds. The van der Waals surface area contributed by atoms with Gasteiger partial charge in [0.05, 0.1) is 19.1 Å². The molecular formula is C14H15ClN2OS. The van der Waals surface area contributed by atoms with Gasteiger partial charge in [-0.05, 0) is 24.1 Å². The van der Waals surface area contributed by atoms with Gasteiger partial charge >= 0.3 is 0 Å². The smallest absolute Gasteiger partial charge is 0.133 e. The number of methoxy groups -OCH3 is 1. The Balaban J connectivity index is 2.75. The molecule has 0 aliphatic carbocycles. The van der Waals surface area contributed by atoms with Crippen molar-refractivity contribution in [3.8, 4) is 17.0 Å². The summed E-state index contributed by atoms with van der Waals surface area (Å²) in [6.07, 6.45) is 1.60. The van der Waals surface area contributed by atoms with Crippen LogP contribution in [0.15, 0.2) is 24.5 Å². The zero-order valence-corrected chi connectivity index (χ0v) is 12.6. The molecule has 19 heavy (non-hydrogen) atoms. The minimum absolute atomic E-state index is 0.260. The number of nitrogens with zero attached hydrogens (tertiary/aromatic N) is 1. The first kappa shape index (κ1) is 14.0. The van der Waals surface area contributed by atoms with Gasteiger partial charge in [-0.1, -0.05) is 37.7 Å². The lowest BCUT2D eigenvalue weighted by molar-refractivity contribution is 0.416. The molecule has 1 N–H and O–H groups in total. The van der Waals surface area contributed by atoms with Gasteiger partial charge in [0, 0.05) is 16.1 Å². The van der Waals surface area contributed by atoms with Gasteiger partial charge in [-0.15, -0.1) is 0 Å². The normalized spacial score (nSPS) is 10.8. The van der Waals surface area contributed by atoms with Crippen molar-refractivity contribution >= 4 is 23.8 Å². The van der Waals surface area contributed by atoms with Crippen LogP contribution in [0.5, 0.6) is 5.75 Å². The first-order chi connectivity index (χ1) is 9.04. The Kier molecular flexibility index (Phi) is 4.22. The van der Waals surface area contributed by atoms with Gasteiger partial charge < -0.3 is 9.72 Å². The van der Waals surface area contributed by atoms with E-state index < -0.39 is 0 Å². The van der Waals surface area contributed by atoms with Gasteiger partial charge in [-0.3, -0.25) is 0 Å². The van der Waals surface area contributed by atoms with E-state index in [1.807, 2.05) is 12.1 Å². The molecule has 1 heterocycles. The van der Waals surface area contributed by atoms with Crippen molar-refractivity contribution in [2.75, 3.05) is 7.11 Å². The highest BCUT2D eigenvalue weighted by Crippen LogP contribution is 2.35. The van der Waals surface area contributed by atoms with E-state index in [4.69, 9.17) is 28.6 Å². The van der Waals surface area contributed by atoms with Gasteiger partial charge in [-0.25, -0.2) is 4.98 Å². The predicted octanol–water partition coefficient (Wildman–Crippen LogP) is 4.59. The Morgan fingerprint density at radius 1 is 1.37 bits per heavy atom. The molecule has 2 aromatic rings. The average molecular weight is 295 g/mol. The summed E-state index contributed by atoms with van der Waals surface area (Å²) < 4.78 is 6.00. The second-order valence-corrected chi connectivity index (χ2v) is 5.32.